The third-order valence-corrected chi connectivity index (χ3v) is 5.12. The van der Waals surface area contributed by atoms with Crippen LogP contribution in [-0.2, 0) is 0 Å². The summed E-state index contributed by atoms with van der Waals surface area (Å²) in [6.45, 7) is 0. The molecule has 0 unspecified atom stereocenters. The minimum absolute atomic E-state index is 0.175. The average molecular weight is 386 g/mol. The molecule has 3 rings (SSSR count). The Hall–Kier alpha value is -1.52. The van der Waals surface area contributed by atoms with Gasteiger partial charge >= 0.3 is 134 Å². The van der Waals surface area contributed by atoms with Gasteiger partial charge in [0.05, 0.1) is 0 Å². The van der Waals surface area contributed by atoms with Gasteiger partial charge in [-0.2, -0.15) is 0 Å². The summed E-state index contributed by atoms with van der Waals surface area (Å²) in [5, 5.41) is 2.61. The summed E-state index contributed by atoms with van der Waals surface area (Å²) in [5.74, 6) is 3.24. The number of fused-ring (bicyclic) bond motifs is 1. The first-order valence-electron chi connectivity index (χ1n) is 6.24. The van der Waals surface area contributed by atoms with Crippen molar-refractivity contribution in [3.63, 3.8) is 0 Å². The van der Waals surface area contributed by atoms with E-state index in [0.29, 0.717) is 0 Å². The van der Waals surface area contributed by atoms with E-state index in [0.717, 1.165) is 10.0 Å². The third-order valence-electron chi connectivity index (χ3n) is 2.95. The van der Waals surface area contributed by atoms with Gasteiger partial charge in [0.2, 0.25) is 0 Å². The van der Waals surface area contributed by atoms with Gasteiger partial charge in [0, 0.05) is 0 Å². The monoisotopic (exact) mass is 386 g/mol. The fourth-order valence-corrected chi connectivity index (χ4v) is 3.73. The van der Waals surface area contributed by atoms with Crippen molar-refractivity contribution >= 4 is 46.1 Å². The van der Waals surface area contributed by atoms with Crippen LogP contribution in [0.15, 0.2) is 71.2 Å². The summed E-state index contributed by atoms with van der Waals surface area (Å²) in [6.07, 6.45) is 0. The van der Waals surface area contributed by atoms with Crippen molar-refractivity contribution in [1.29, 1.82) is 0 Å². The molecule has 0 nitrogen and oxygen atoms in total. The summed E-state index contributed by atoms with van der Waals surface area (Å²) in [7, 11) is 0. The predicted octanol–water partition coefficient (Wildman–Crippen LogP) is 3.94. The van der Waals surface area contributed by atoms with Crippen LogP contribution < -0.4 is 4.46 Å². The van der Waals surface area contributed by atoms with Gasteiger partial charge in [0.25, 0.3) is 0 Å². The van der Waals surface area contributed by atoms with Crippen LogP contribution in [0, 0.1) is 10.7 Å². The molecule has 0 saturated heterocycles. The van der Waals surface area contributed by atoms with E-state index >= 15 is 0 Å². The Morgan fingerprint density at radius 1 is 0.800 bits per heavy atom. The van der Waals surface area contributed by atoms with Crippen molar-refractivity contribution in [2.45, 2.75) is 0 Å². The number of halogens is 1. The molecule has 0 aliphatic carbocycles. The fourth-order valence-electron chi connectivity index (χ4n) is 1.96. The molecule has 0 saturated carbocycles. The normalized spacial score (nSPS) is 10.1. The Morgan fingerprint density at radius 2 is 1.55 bits per heavy atom. The Balaban J connectivity index is 1.86. The van der Waals surface area contributed by atoms with E-state index in [-0.39, 0.29) is 15.0 Å². The van der Waals surface area contributed by atoms with Crippen LogP contribution in [0.3, 0.4) is 0 Å². The van der Waals surface area contributed by atoms with E-state index in [2.05, 4.69) is 69.1 Å². The SMILES string of the molecule is Brc1ccc(C#C[Se]c2cccc3ccccc23)cc1. The van der Waals surface area contributed by atoms with Crippen molar-refractivity contribution < 1.29 is 0 Å². The maximum atomic E-state index is 3.43. The van der Waals surface area contributed by atoms with E-state index in [4.69, 9.17) is 0 Å². The van der Waals surface area contributed by atoms with E-state index in [1.54, 1.807) is 0 Å². The molecule has 0 spiro atoms. The molecule has 0 atom stereocenters. The van der Waals surface area contributed by atoms with Gasteiger partial charge in [-0.15, -0.1) is 0 Å². The number of hydrogen-bond donors (Lipinski definition) is 0. The zero-order valence-electron chi connectivity index (χ0n) is 10.6. The summed E-state index contributed by atoms with van der Waals surface area (Å²) in [6, 6.07) is 23.0. The molecule has 0 radical (unpaired) electrons. The molecule has 2 heteroatoms. The van der Waals surface area contributed by atoms with Gasteiger partial charge in [-0.1, -0.05) is 0 Å². The zero-order valence-corrected chi connectivity index (χ0v) is 13.9. The minimum atomic E-state index is 0.175. The standard InChI is InChI=1S/C18H11BrSe/c19-16-10-8-14(9-11-16)12-13-20-18-7-3-5-15-4-1-2-6-17(15)18/h1-11H. The molecule has 20 heavy (non-hydrogen) atoms. The topological polar surface area (TPSA) is 0 Å². The van der Waals surface area contributed by atoms with E-state index in [9.17, 15) is 0 Å². The van der Waals surface area contributed by atoms with Crippen LogP contribution in [0.2, 0.25) is 0 Å². The number of rotatable bonds is 1. The van der Waals surface area contributed by atoms with Gasteiger partial charge in [0.15, 0.2) is 0 Å². The number of benzene rings is 3. The molecule has 0 aliphatic heterocycles. The van der Waals surface area contributed by atoms with Gasteiger partial charge in [0.1, 0.15) is 0 Å². The van der Waals surface area contributed by atoms with Crippen LogP contribution >= 0.6 is 15.9 Å². The Kier molecular flexibility index (Phi) is 4.23. The van der Waals surface area contributed by atoms with Crippen molar-refractivity contribution in [2.75, 3.05) is 0 Å². The van der Waals surface area contributed by atoms with Gasteiger partial charge in [-0.25, -0.2) is 0 Å². The molecular formula is C18H11BrSe. The van der Waals surface area contributed by atoms with Crippen molar-refractivity contribution in [3.8, 4) is 10.7 Å². The van der Waals surface area contributed by atoms with Crippen LogP contribution in [0.5, 0.6) is 0 Å². The van der Waals surface area contributed by atoms with E-state index in [1.807, 2.05) is 24.3 Å². The van der Waals surface area contributed by atoms with Crippen molar-refractivity contribution in [3.05, 3.63) is 76.8 Å². The third kappa shape index (κ3) is 3.14. The molecule has 0 aliphatic rings. The van der Waals surface area contributed by atoms with Crippen LogP contribution in [0.1, 0.15) is 5.56 Å². The quantitative estimate of drug-likeness (QED) is 0.439. The number of hydrogen-bond acceptors (Lipinski definition) is 0. The summed E-state index contributed by atoms with van der Waals surface area (Å²) < 4.78 is 2.43. The van der Waals surface area contributed by atoms with Crippen LogP contribution in [0.4, 0.5) is 0 Å². The second-order valence-corrected chi connectivity index (χ2v) is 7.01. The summed E-state index contributed by atoms with van der Waals surface area (Å²) in [5.41, 5.74) is 1.07. The van der Waals surface area contributed by atoms with Gasteiger partial charge < -0.3 is 0 Å². The Bertz CT molecular complexity index is 790. The molecule has 0 N–H and O–H groups in total. The van der Waals surface area contributed by atoms with Crippen LogP contribution in [-0.4, -0.2) is 15.0 Å². The Morgan fingerprint density at radius 3 is 2.40 bits per heavy atom. The maximum absolute atomic E-state index is 3.43. The summed E-state index contributed by atoms with van der Waals surface area (Å²) >= 11 is 3.61. The molecule has 0 aromatic heterocycles. The predicted molar refractivity (Wildman–Crippen MR) is 90.4 cm³/mol. The molecule has 0 bridgehead atoms. The average Bonchev–Trinajstić information content (AvgIpc) is 2.49. The van der Waals surface area contributed by atoms with Crippen molar-refractivity contribution in [1.82, 2.24) is 0 Å². The van der Waals surface area contributed by atoms with E-state index < -0.39 is 0 Å². The van der Waals surface area contributed by atoms with Gasteiger partial charge in [-0.3, -0.25) is 0 Å². The summed E-state index contributed by atoms with van der Waals surface area (Å²) in [4.78, 5) is 3.33. The molecule has 96 valence electrons. The molecule has 0 fully saturated rings. The van der Waals surface area contributed by atoms with Crippen LogP contribution in [0.25, 0.3) is 10.8 Å². The van der Waals surface area contributed by atoms with Gasteiger partial charge in [-0.05, 0) is 0 Å². The first-order valence-corrected chi connectivity index (χ1v) is 8.75. The second-order valence-electron chi connectivity index (χ2n) is 4.31. The fraction of sp³-hybridized carbons (Fsp3) is 0. The Labute approximate surface area is 133 Å². The molecule has 3 aromatic rings. The van der Waals surface area contributed by atoms with E-state index in [1.165, 1.54) is 15.2 Å². The molecule has 0 amide bonds. The second kappa shape index (κ2) is 6.29. The molecule has 0 heterocycles. The molecule has 3 aromatic carbocycles. The zero-order chi connectivity index (χ0) is 13.8. The first-order chi connectivity index (χ1) is 9.83. The first kappa shape index (κ1) is 13.5. The molecular weight excluding hydrogens is 375 g/mol. The van der Waals surface area contributed by atoms with Crippen molar-refractivity contribution in [2.24, 2.45) is 0 Å².